The molecule has 0 amide bonds. The molecule has 0 aliphatic heterocycles. The van der Waals surface area contributed by atoms with E-state index < -0.39 is 5.25 Å². The van der Waals surface area contributed by atoms with E-state index in [9.17, 15) is 10.1 Å². The van der Waals surface area contributed by atoms with Crippen molar-refractivity contribution >= 4 is 46.6 Å². The van der Waals surface area contributed by atoms with Gasteiger partial charge < -0.3 is 4.74 Å². The normalized spacial score (nSPS) is 11.9. The Morgan fingerprint density at radius 1 is 0.973 bits per heavy atom. The molecule has 3 aromatic carbocycles. The minimum Gasteiger partial charge on any atom is -0.486 e. The molecular formula is C26H23Cl3N4O3S. The van der Waals surface area contributed by atoms with Crippen LogP contribution in [0.15, 0.2) is 59.8 Å². The van der Waals surface area contributed by atoms with E-state index >= 15 is 0 Å². The van der Waals surface area contributed by atoms with Crippen LogP contribution in [0.2, 0.25) is 15.1 Å². The number of halogens is 3. The molecule has 0 saturated carbocycles. The Morgan fingerprint density at radius 2 is 1.68 bits per heavy atom. The summed E-state index contributed by atoms with van der Waals surface area (Å²) in [4.78, 5) is 11.2. The molecular weight excluding hydrogens is 555 g/mol. The number of nitro groups is 1. The number of benzene rings is 3. The van der Waals surface area contributed by atoms with Gasteiger partial charge >= 0.3 is 0 Å². The third-order valence-corrected chi connectivity index (χ3v) is 7.94. The summed E-state index contributed by atoms with van der Waals surface area (Å²) in [6, 6.07) is 16.6. The van der Waals surface area contributed by atoms with Crippen molar-refractivity contribution in [3.05, 3.63) is 108 Å². The summed E-state index contributed by atoms with van der Waals surface area (Å²) in [6.07, 6.45) is 0. The summed E-state index contributed by atoms with van der Waals surface area (Å²) in [6.45, 7) is 5.71. The van der Waals surface area contributed by atoms with Gasteiger partial charge in [-0.25, -0.2) is 0 Å². The second-order valence-electron chi connectivity index (χ2n) is 8.45. The number of hydrogen-bond donors (Lipinski definition) is 0. The van der Waals surface area contributed by atoms with E-state index in [1.54, 1.807) is 18.2 Å². The lowest BCUT2D eigenvalue weighted by Crippen LogP contribution is -2.11. The van der Waals surface area contributed by atoms with Crippen LogP contribution in [0.3, 0.4) is 0 Å². The molecule has 0 N–H and O–H groups in total. The number of rotatable bonds is 9. The third-order valence-electron chi connectivity index (χ3n) is 5.83. The van der Waals surface area contributed by atoms with Gasteiger partial charge in [-0.1, -0.05) is 70.8 Å². The van der Waals surface area contributed by atoms with Crippen molar-refractivity contribution in [1.82, 2.24) is 14.8 Å². The molecule has 0 aliphatic carbocycles. The molecule has 0 unspecified atom stereocenters. The van der Waals surface area contributed by atoms with E-state index in [-0.39, 0.29) is 33.9 Å². The summed E-state index contributed by atoms with van der Waals surface area (Å²) in [7, 11) is 0. The molecule has 4 rings (SSSR count). The van der Waals surface area contributed by atoms with Gasteiger partial charge in [-0.2, -0.15) is 0 Å². The van der Waals surface area contributed by atoms with Gasteiger partial charge in [-0.15, -0.1) is 10.2 Å². The van der Waals surface area contributed by atoms with Crippen molar-refractivity contribution < 1.29 is 9.66 Å². The molecule has 1 aromatic heterocycles. The highest BCUT2D eigenvalue weighted by Crippen LogP contribution is 2.42. The summed E-state index contributed by atoms with van der Waals surface area (Å²) in [5, 5.41) is 21.1. The quantitative estimate of drug-likeness (QED) is 0.114. The van der Waals surface area contributed by atoms with Crippen LogP contribution >= 0.6 is 46.6 Å². The Bertz CT molecular complexity index is 1440. The Morgan fingerprint density at radius 3 is 2.32 bits per heavy atom. The van der Waals surface area contributed by atoms with Gasteiger partial charge in [0.05, 0.1) is 10.0 Å². The van der Waals surface area contributed by atoms with Crippen molar-refractivity contribution in [2.24, 2.45) is 0 Å². The summed E-state index contributed by atoms with van der Waals surface area (Å²) < 4.78 is 7.74. The Labute approximate surface area is 233 Å². The lowest BCUT2D eigenvalue weighted by atomic mass is 10.1. The Hall–Kier alpha value is -2.78. The third kappa shape index (κ3) is 6.38. The number of thioether (sulfide) groups is 1. The Balaban J connectivity index is 1.64. The number of hydrogen-bond acceptors (Lipinski definition) is 6. The van der Waals surface area contributed by atoms with E-state index in [1.165, 1.54) is 11.8 Å². The van der Waals surface area contributed by atoms with Gasteiger partial charge in [0, 0.05) is 21.2 Å². The van der Waals surface area contributed by atoms with Crippen LogP contribution in [0.25, 0.3) is 5.69 Å². The zero-order valence-electron chi connectivity index (χ0n) is 20.2. The van der Waals surface area contributed by atoms with Crippen LogP contribution in [-0.2, 0) is 6.61 Å². The highest BCUT2D eigenvalue weighted by molar-refractivity contribution is 7.99. The smallest absolute Gasteiger partial charge is 0.220 e. The molecule has 0 bridgehead atoms. The molecule has 4 aromatic rings. The minimum absolute atomic E-state index is 0.171. The van der Waals surface area contributed by atoms with Crippen LogP contribution < -0.4 is 4.74 Å². The number of nitrogens with zero attached hydrogens (tertiary/aromatic N) is 4. The van der Waals surface area contributed by atoms with Gasteiger partial charge in [-0.3, -0.25) is 14.7 Å². The van der Waals surface area contributed by atoms with Crippen LogP contribution in [0.1, 0.15) is 33.3 Å². The van der Waals surface area contributed by atoms with Crippen molar-refractivity contribution in [2.75, 3.05) is 6.54 Å². The first-order valence-electron chi connectivity index (χ1n) is 11.3. The molecule has 0 fully saturated rings. The molecule has 0 radical (unpaired) electrons. The first kappa shape index (κ1) is 27.3. The molecule has 1 atom stereocenters. The van der Waals surface area contributed by atoms with E-state index in [2.05, 4.69) is 10.2 Å². The SMILES string of the molecule is Cc1ccc(-n2c(C)nnc2S[C@H](C[N+](=O)[O-])c2cc(Cl)c(OCc3ccccc3Cl)c(Cl)c2)cc1C. The van der Waals surface area contributed by atoms with E-state index in [4.69, 9.17) is 39.5 Å². The van der Waals surface area contributed by atoms with Crippen molar-refractivity contribution in [3.8, 4) is 11.4 Å². The predicted molar refractivity (Wildman–Crippen MR) is 148 cm³/mol. The van der Waals surface area contributed by atoms with E-state index in [0.717, 1.165) is 22.4 Å². The van der Waals surface area contributed by atoms with Crippen LogP contribution in [0.4, 0.5) is 0 Å². The second-order valence-corrected chi connectivity index (χ2v) is 10.8. The first-order chi connectivity index (χ1) is 17.6. The Kier molecular flexibility index (Phi) is 8.64. The molecule has 7 nitrogen and oxygen atoms in total. The lowest BCUT2D eigenvalue weighted by Gasteiger charge is -2.17. The molecule has 0 spiro atoms. The fourth-order valence-electron chi connectivity index (χ4n) is 3.72. The molecule has 37 heavy (non-hydrogen) atoms. The highest BCUT2D eigenvalue weighted by Gasteiger charge is 2.26. The van der Waals surface area contributed by atoms with Crippen LogP contribution in [0, 0.1) is 30.9 Å². The van der Waals surface area contributed by atoms with Crippen LogP contribution in [0.5, 0.6) is 5.75 Å². The molecule has 192 valence electrons. The van der Waals surface area contributed by atoms with Crippen molar-refractivity contribution in [1.29, 1.82) is 0 Å². The summed E-state index contributed by atoms with van der Waals surface area (Å²) >= 11 is 20.5. The molecule has 11 heteroatoms. The maximum absolute atomic E-state index is 11.6. The maximum Gasteiger partial charge on any atom is 0.220 e. The standard InChI is InChI=1S/C26H23Cl3N4O3S/c1-15-8-9-20(10-16(15)2)33-17(3)30-31-26(33)37-24(13-32(34)35)19-11-22(28)25(23(29)12-19)36-14-18-6-4-5-7-21(18)27/h4-12,24H,13-14H2,1-3H3/t24-/m1/s1. The average Bonchev–Trinajstić information content (AvgIpc) is 3.20. The zero-order chi connectivity index (χ0) is 26.7. The lowest BCUT2D eigenvalue weighted by molar-refractivity contribution is -0.479. The number of ether oxygens (including phenoxy) is 1. The van der Waals surface area contributed by atoms with Gasteiger partial charge in [0.15, 0.2) is 10.9 Å². The zero-order valence-corrected chi connectivity index (χ0v) is 23.3. The second kappa shape index (κ2) is 11.7. The highest BCUT2D eigenvalue weighted by atomic mass is 35.5. The predicted octanol–water partition coefficient (Wildman–Crippen LogP) is 7.84. The van der Waals surface area contributed by atoms with Crippen molar-refractivity contribution in [3.63, 3.8) is 0 Å². The monoisotopic (exact) mass is 576 g/mol. The van der Waals surface area contributed by atoms with Gasteiger partial charge in [0.1, 0.15) is 17.7 Å². The van der Waals surface area contributed by atoms with Crippen LogP contribution in [-0.4, -0.2) is 26.2 Å². The molecule has 1 heterocycles. The van der Waals surface area contributed by atoms with Crippen molar-refractivity contribution in [2.45, 2.75) is 37.8 Å². The summed E-state index contributed by atoms with van der Waals surface area (Å²) in [5.41, 5.74) is 4.52. The average molecular weight is 578 g/mol. The topological polar surface area (TPSA) is 83.1 Å². The molecule has 0 saturated heterocycles. The van der Waals surface area contributed by atoms with Gasteiger partial charge in [0.2, 0.25) is 6.54 Å². The first-order valence-corrected chi connectivity index (χ1v) is 13.3. The fourth-order valence-corrected chi connectivity index (χ4v) is 5.68. The maximum atomic E-state index is 11.6. The van der Waals surface area contributed by atoms with Gasteiger partial charge in [-0.05, 0) is 67.8 Å². The van der Waals surface area contributed by atoms with Gasteiger partial charge in [0.25, 0.3) is 0 Å². The largest absolute Gasteiger partial charge is 0.486 e. The van der Waals surface area contributed by atoms with E-state index in [0.29, 0.717) is 21.6 Å². The van der Waals surface area contributed by atoms with E-state index in [1.807, 2.05) is 61.7 Å². The number of aryl methyl sites for hydroxylation is 3. The number of aromatic nitrogens is 3. The molecule has 0 aliphatic rings. The fraction of sp³-hybridized carbons (Fsp3) is 0.231. The summed E-state index contributed by atoms with van der Waals surface area (Å²) in [5.74, 6) is 0.955. The minimum atomic E-state index is -0.628.